The molecule has 0 saturated carbocycles. The van der Waals surface area contributed by atoms with E-state index in [1.165, 1.54) is 11.8 Å². The van der Waals surface area contributed by atoms with Crippen LogP contribution < -0.4 is 14.9 Å². The van der Waals surface area contributed by atoms with E-state index >= 15 is 0 Å². The fourth-order valence-corrected chi connectivity index (χ4v) is 5.55. The molecule has 0 radical (unpaired) electrons. The summed E-state index contributed by atoms with van der Waals surface area (Å²) in [7, 11) is 0. The average molecular weight is 712 g/mol. The first-order chi connectivity index (χ1) is 16.8. The van der Waals surface area contributed by atoms with Crippen LogP contribution in [-0.4, -0.2) is 18.7 Å². The van der Waals surface area contributed by atoms with Gasteiger partial charge in [0.05, 0.1) is 20.9 Å². The van der Waals surface area contributed by atoms with Crippen molar-refractivity contribution in [1.82, 2.24) is 5.43 Å². The summed E-state index contributed by atoms with van der Waals surface area (Å²) < 4.78 is 20.1. The monoisotopic (exact) mass is 710 g/mol. The minimum absolute atomic E-state index is 0.184. The molecule has 9 heteroatoms. The van der Waals surface area contributed by atoms with Crippen LogP contribution in [0.25, 0.3) is 11.0 Å². The standard InChI is InChI=1S/C26H21Br2IN2O4/c1-3-33-22-9-17(8-20(28)25(22)34-14-16-6-4-15(2)5-7-16)13-30-31-26(32)23-11-18-10-19(27)12-21(29)24(18)35-23/h4-13H,3,14H2,1-2H3,(H,31,32)/b30-13-. The van der Waals surface area contributed by atoms with Crippen LogP contribution in [0.15, 0.2) is 73.1 Å². The zero-order chi connectivity index (χ0) is 24.9. The van der Waals surface area contributed by atoms with Gasteiger partial charge in [-0.3, -0.25) is 4.79 Å². The first-order valence-electron chi connectivity index (χ1n) is 10.7. The second kappa shape index (κ2) is 11.6. The molecule has 3 aromatic carbocycles. The molecule has 0 atom stereocenters. The lowest BCUT2D eigenvalue weighted by atomic mass is 10.2. The highest BCUT2D eigenvalue weighted by atomic mass is 127. The van der Waals surface area contributed by atoms with Crippen molar-refractivity contribution in [3.8, 4) is 11.5 Å². The number of fused-ring (bicyclic) bond motifs is 1. The molecule has 0 saturated heterocycles. The molecule has 0 aliphatic heterocycles. The highest BCUT2D eigenvalue weighted by Gasteiger charge is 2.15. The second-order valence-electron chi connectivity index (χ2n) is 7.65. The third-order valence-electron chi connectivity index (χ3n) is 4.97. The van der Waals surface area contributed by atoms with E-state index < -0.39 is 5.91 Å². The number of hydrogen-bond acceptors (Lipinski definition) is 5. The van der Waals surface area contributed by atoms with Gasteiger partial charge in [-0.15, -0.1) is 0 Å². The van der Waals surface area contributed by atoms with Gasteiger partial charge in [0.1, 0.15) is 12.2 Å². The molecule has 4 rings (SSSR count). The molecule has 180 valence electrons. The minimum atomic E-state index is -0.438. The number of nitrogens with zero attached hydrogens (tertiary/aromatic N) is 1. The van der Waals surface area contributed by atoms with E-state index in [4.69, 9.17) is 13.9 Å². The fourth-order valence-electron chi connectivity index (χ4n) is 3.31. The highest BCUT2D eigenvalue weighted by Crippen LogP contribution is 2.37. The molecule has 4 aromatic rings. The van der Waals surface area contributed by atoms with E-state index in [1.54, 1.807) is 6.07 Å². The zero-order valence-corrected chi connectivity index (χ0v) is 24.2. The van der Waals surface area contributed by atoms with Gasteiger partial charge in [0.2, 0.25) is 0 Å². The van der Waals surface area contributed by atoms with E-state index in [0.717, 1.165) is 29.0 Å². The SMILES string of the molecule is CCOc1cc(/C=N\NC(=O)c2cc3cc(Br)cc(I)c3o2)cc(Br)c1OCc1ccc(C)cc1. The first-order valence-corrected chi connectivity index (χ1v) is 13.4. The number of ether oxygens (including phenoxy) is 2. The van der Waals surface area contributed by atoms with Crippen LogP contribution in [0.1, 0.15) is 34.2 Å². The Kier molecular flexibility index (Phi) is 8.51. The number of amides is 1. The summed E-state index contributed by atoms with van der Waals surface area (Å²) in [5.74, 6) is 0.937. The van der Waals surface area contributed by atoms with Gasteiger partial charge in [-0.1, -0.05) is 45.8 Å². The van der Waals surface area contributed by atoms with Gasteiger partial charge in [0, 0.05) is 9.86 Å². The van der Waals surface area contributed by atoms with Crippen LogP contribution in [0, 0.1) is 10.5 Å². The average Bonchev–Trinajstić information content (AvgIpc) is 3.24. The van der Waals surface area contributed by atoms with Crippen LogP contribution in [0.2, 0.25) is 0 Å². The largest absolute Gasteiger partial charge is 0.490 e. The molecule has 0 fully saturated rings. The van der Waals surface area contributed by atoms with E-state index in [-0.39, 0.29) is 5.76 Å². The summed E-state index contributed by atoms with van der Waals surface area (Å²) >= 11 is 9.20. The Hall–Kier alpha value is -2.37. The molecule has 0 bridgehead atoms. The van der Waals surface area contributed by atoms with Gasteiger partial charge in [0.25, 0.3) is 0 Å². The van der Waals surface area contributed by atoms with Crippen molar-refractivity contribution in [2.75, 3.05) is 6.61 Å². The third kappa shape index (κ3) is 6.45. The molecule has 1 amide bonds. The zero-order valence-electron chi connectivity index (χ0n) is 18.9. The van der Waals surface area contributed by atoms with Crippen LogP contribution >= 0.6 is 54.5 Å². The Bertz CT molecular complexity index is 1400. The number of carbonyl (C=O) groups excluding carboxylic acids is 1. The fraction of sp³-hybridized carbons (Fsp3) is 0.154. The molecule has 1 aromatic heterocycles. The lowest BCUT2D eigenvalue weighted by molar-refractivity contribution is 0.0929. The van der Waals surface area contributed by atoms with Gasteiger partial charge in [-0.25, -0.2) is 5.43 Å². The number of nitrogens with one attached hydrogen (secondary N) is 1. The molecule has 1 N–H and O–H groups in total. The number of hydrogen-bond donors (Lipinski definition) is 1. The van der Waals surface area contributed by atoms with Crippen molar-refractivity contribution < 1.29 is 18.7 Å². The van der Waals surface area contributed by atoms with E-state index in [0.29, 0.717) is 30.3 Å². The summed E-state index contributed by atoms with van der Waals surface area (Å²) in [6.07, 6.45) is 1.54. The van der Waals surface area contributed by atoms with Crippen LogP contribution in [0.4, 0.5) is 0 Å². The minimum Gasteiger partial charge on any atom is -0.490 e. The number of carbonyl (C=O) groups is 1. The van der Waals surface area contributed by atoms with Crippen molar-refractivity contribution in [2.45, 2.75) is 20.5 Å². The summed E-state index contributed by atoms with van der Waals surface area (Å²) in [4.78, 5) is 12.5. The predicted octanol–water partition coefficient (Wildman–Crippen LogP) is 7.61. The molecular weight excluding hydrogens is 691 g/mol. The Morgan fingerprint density at radius 2 is 1.89 bits per heavy atom. The first kappa shape index (κ1) is 25.7. The maximum Gasteiger partial charge on any atom is 0.307 e. The highest BCUT2D eigenvalue weighted by molar-refractivity contribution is 14.1. The van der Waals surface area contributed by atoms with Crippen molar-refractivity contribution >= 4 is 77.5 Å². The molecule has 6 nitrogen and oxygen atoms in total. The number of hydrazone groups is 1. The molecule has 1 heterocycles. The number of halogens is 3. The van der Waals surface area contributed by atoms with Gasteiger partial charge >= 0.3 is 5.91 Å². The van der Waals surface area contributed by atoms with Crippen LogP contribution in [0.5, 0.6) is 11.5 Å². The molecule has 0 unspecified atom stereocenters. The third-order valence-corrected chi connectivity index (χ3v) is 6.82. The smallest absolute Gasteiger partial charge is 0.307 e. The summed E-state index contributed by atoms with van der Waals surface area (Å²) in [6, 6.07) is 17.4. The summed E-state index contributed by atoms with van der Waals surface area (Å²) in [5.41, 5.74) is 6.16. The van der Waals surface area contributed by atoms with E-state index in [9.17, 15) is 4.79 Å². The maximum atomic E-state index is 12.5. The number of rotatable bonds is 8. The topological polar surface area (TPSA) is 73.1 Å². The molecule has 0 aliphatic rings. The predicted molar refractivity (Wildman–Crippen MR) is 153 cm³/mol. The van der Waals surface area contributed by atoms with Crippen LogP contribution in [0.3, 0.4) is 0 Å². The maximum absolute atomic E-state index is 12.5. The lowest BCUT2D eigenvalue weighted by Crippen LogP contribution is -2.16. The lowest BCUT2D eigenvalue weighted by Gasteiger charge is -2.14. The van der Waals surface area contributed by atoms with Crippen LogP contribution in [-0.2, 0) is 6.61 Å². The second-order valence-corrected chi connectivity index (χ2v) is 10.6. The number of aryl methyl sites for hydroxylation is 1. The van der Waals surface area contributed by atoms with Crippen molar-refractivity contribution in [2.24, 2.45) is 5.10 Å². The molecular formula is C26H21Br2IN2O4. The molecule has 35 heavy (non-hydrogen) atoms. The van der Waals surface area contributed by atoms with Crippen molar-refractivity contribution in [3.63, 3.8) is 0 Å². The van der Waals surface area contributed by atoms with Gasteiger partial charge in [0.15, 0.2) is 17.3 Å². The molecule has 0 aliphatic carbocycles. The Morgan fingerprint density at radius 1 is 1.11 bits per heavy atom. The Morgan fingerprint density at radius 3 is 2.63 bits per heavy atom. The number of furan rings is 1. The van der Waals surface area contributed by atoms with Crippen molar-refractivity contribution in [3.05, 3.63) is 89.6 Å². The van der Waals surface area contributed by atoms with Gasteiger partial charge in [-0.05, 0) is 93.8 Å². The summed E-state index contributed by atoms with van der Waals surface area (Å²) in [6.45, 7) is 4.85. The van der Waals surface area contributed by atoms with Crippen molar-refractivity contribution in [1.29, 1.82) is 0 Å². The number of benzene rings is 3. The van der Waals surface area contributed by atoms with Gasteiger partial charge in [-0.2, -0.15) is 5.10 Å². The Labute approximate surface area is 233 Å². The Balaban J connectivity index is 1.47. The normalized spacial score (nSPS) is 11.2. The quantitative estimate of drug-likeness (QED) is 0.116. The summed E-state index contributed by atoms with van der Waals surface area (Å²) in [5, 5.41) is 4.93. The van der Waals surface area contributed by atoms with Gasteiger partial charge < -0.3 is 13.9 Å². The van der Waals surface area contributed by atoms with E-state index in [2.05, 4.69) is 77.1 Å². The van der Waals surface area contributed by atoms with E-state index in [1.807, 2.05) is 50.2 Å². The molecule has 0 spiro atoms.